The van der Waals surface area contributed by atoms with E-state index in [0.717, 1.165) is 29.7 Å². The van der Waals surface area contributed by atoms with Crippen LogP contribution >= 0.6 is 0 Å². The second-order valence-electron chi connectivity index (χ2n) is 9.49. The Morgan fingerprint density at radius 2 is 1.74 bits per heavy atom. The minimum absolute atomic E-state index is 0.0142. The van der Waals surface area contributed by atoms with Gasteiger partial charge in [0.2, 0.25) is 5.88 Å². The third-order valence-electron chi connectivity index (χ3n) is 6.10. The van der Waals surface area contributed by atoms with E-state index in [4.69, 9.17) is 24.7 Å². The van der Waals surface area contributed by atoms with Crippen LogP contribution in [-0.4, -0.2) is 19.2 Å². The highest BCUT2D eigenvalue weighted by Crippen LogP contribution is 2.44. The quantitative estimate of drug-likeness (QED) is 0.250. The van der Waals surface area contributed by atoms with Crippen LogP contribution in [0, 0.1) is 17.2 Å². The Kier molecular flexibility index (Phi) is 8.55. The molecule has 3 aromatic rings. The molecule has 0 spiro atoms. The Morgan fingerprint density at radius 3 is 2.47 bits per heavy atom. The van der Waals surface area contributed by atoms with Crippen LogP contribution in [0.2, 0.25) is 0 Å². The van der Waals surface area contributed by atoms with Crippen LogP contribution in [0.5, 0.6) is 23.0 Å². The Balaban J connectivity index is 1.58. The molecule has 38 heavy (non-hydrogen) atoms. The van der Waals surface area contributed by atoms with Crippen LogP contribution < -0.4 is 24.7 Å². The molecule has 1 aliphatic rings. The summed E-state index contributed by atoms with van der Waals surface area (Å²) in [7, 11) is 0. The summed E-state index contributed by atoms with van der Waals surface area (Å²) in [5.74, 6) is 1.63. The van der Waals surface area contributed by atoms with E-state index >= 15 is 0 Å². The van der Waals surface area contributed by atoms with Gasteiger partial charge in [-0.3, -0.25) is 0 Å². The number of ether oxygens (including phenoxy) is 4. The van der Waals surface area contributed by atoms with Gasteiger partial charge in [-0.1, -0.05) is 45.0 Å². The summed E-state index contributed by atoms with van der Waals surface area (Å²) in [6.45, 7) is 7.48. The van der Waals surface area contributed by atoms with Crippen molar-refractivity contribution in [2.75, 3.05) is 13.2 Å². The molecule has 0 fully saturated rings. The van der Waals surface area contributed by atoms with Crippen molar-refractivity contribution in [2.24, 2.45) is 11.7 Å². The number of rotatable bonds is 10. The fourth-order valence-electron chi connectivity index (χ4n) is 4.14. The Morgan fingerprint density at radius 1 is 1.00 bits per heavy atom. The highest BCUT2D eigenvalue weighted by Gasteiger charge is 2.31. The molecule has 7 heteroatoms. The van der Waals surface area contributed by atoms with Gasteiger partial charge in [-0.05, 0) is 60.7 Å². The van der Waals surface area contributed by atoms with Gasteiger partial charge in [0.1, 0.15) is 34.6 Å². The fraction of sp³-hybridized carbons (Fsp3) is 0.290. The molecule has 0 saturated heterocycles. The van der Waals surface area contributed by atoms with Gasteiger partial charge in [0.25, 0.3) is 0 Å². The first kappa shape index (κ1) is 26.6. The number of esters is 1. The lowest BCUT2D eigenvalue weighted by molar-refractivity contribution is 0.0734. The van der Waals surface area contributed by atoms with Crippen LogP contribution in [0.15, 0.2) is 78.2 Å². The topological polar surface area (TPSA) is 104 Å². The van der Waals surface area contributed by atoms with Gasteiger partial charge in [-0.25, -0.2) is 4.79 Å². The monoisotopic (exact) mass is 512 g/mol. The maximum atomic E-state index is 12.8. The Labute approximate surface area is 223 Å². The minimum Gasteiger partial charge on any atom is -0.494 e. The minimum atomic E-state index is -0.522. The van der Waals surface area contributed by atoms with Crippen LogP contribution in [0.3, 0.4) is 0 Å². The van der Waals surface area contributed by atoms with Gasteiger partial charge in [0, 0.05) is 11.6 Å². The third kappa shape index (κ3) is 6.27. The molecule has 0 radical (unpaired) electrons. The number of carbonyl (C=O) groups is 1. The van der Waals surface area contributed by atoms with Gasteiger partial charge < -0.3 is 24.7 Å². The van der Waals surface area contributed by atoms with E-state index in [1.54, 1.807) is 42.5 Å². The molecule has 3 aromatic carbocycles. The zero-order chi connectivity index (χ0) is 27.1. The van der Waals surface area contributed by atoms with E-state index in [0.29, 0.717) is 47.5 Å². The molecular formula is C31H32N2O5. The standard InChI is InChI=1S/C31H32N2O5/c1-4-14-35-24-10-6-8-22(17-24)31(34)37-25-11-12-26-28(18-25)38-30(33)27(19-32)29(26)21-7-5-9-23(16-21)36-15-13-20(2)3/h5-12,16-18,20,29H,4,13-15,33H2,1-3H3. The smallest absolute Gasteiger partial charge is 0.343 e. The first-order valence-corrected chi connectivity index (χ1v) is 12.8. The lowest BCUT2D eigenvalue weighted by Crippen LogP contribution is -2.21. The molecule has 2 N–H and O–H groups in total. The number of hydrogen-bond donors (Lipinski definition) is 1. The predicted octanol–water partition coefficient (Wildman–Crippen LogP) is 6.34. The van der Waals surface area contributed by atoms with E-state index < -0.39 is 11.9 Å². The fourth-order valence-corrected chi connectivity index (χ4v) is 4.14. The maximum absolute atomic E-state index is 12.8. The molecule has 1 unspecified atom stereocenters. The zero-order valence-electron chi connectivity index (χ0n) is 21.9. The summed E-state index contributed by atoms with van der Waals surface area (Å²) in [5, 5.41) is 9.89. The van der Waals surface area contributed by atoms with Crippen molar-refractivity contribution in [2.45, 2.75) is 39.5 Å². The molecule has 0 saturated carbocycles. The second kappa shape index (κ2) is 12.2. The van der Waals surface area contributed by atoms with Gasteiger partial charge in [-0.15, -0.1) is 0 Å². The first-order chi connectivity index (χ1) is 18.4. The van der Waals surface area contributed by atoms with Gasteiger partial charge in [0.15, 0.2) is 0 Å². The highest BCUT2D eigenvalue weighted by atomic mass is 16.5. The third-order valence-corrected chi connectivity index (χ3v) is 6.10. The van der Waals surface area contributed by atoms with E-state index in [1.807, 2.05) is 31.2 Å². The summed E-state index contributed by atoms with van der Waals surface area (Å²) in [5.41, 5.74) is 8.44. The summed E-state index contributed by atoms with van der Waals surface area (Å²) in [6.07, 6.45) is 1.81. The summed E-state index contributed by atoms with van der Waals surface area (Å²) in [4.78, 5) is 12.8. The molecule has 1 aliphatic heterocycles. The second-order valence-corrected chi connectivity index (χ2v) is 9.49. The Bertz CT molecular complexity index is 1370. The molecule has 0 amide bonds. The molecule has 4 rings (SSSR count). The molecule has 0 aromatic heterocycles. The first-order valence-electron chi connectivity index (χ1n) is 12.8. The number of fused-ring (bicyclic) bond motifs is 1. The number of carbonyl (C=O) groups excluding carboxylic acids is 1. The lowest BCUT2D eigenvalue weighted by atomic mass is 9.83. The number of nitriles is 1. The van der Waals surface area contributed by atoms with Crippen LogP contribution in [0.4, 0.5) is 0 Å². The lowest BCUT2D eigenvalue weighted by Gasteiger charge is -2.27. The summed E-state index contributed by atoms with van der Waals surface area (Å²) in [6, 6.07) is 21.8. The van der Waals surface area contributed by atoms with E-state index in [2.05, 4.69) is 19.9 Å². The number of allylic oxidation sites excluding steroid dienone is 1. The predicted molar refractivity (Wildman–Crippen MR) is 144 cm³/mol. The number of hydrogen-bond acceptors (Lipinski definition) is 7. The molecule has 7 nitrogen and oxygen atoms in total. The SMILES string of the molecule is CCCOc1cccc(C(=O)Oc2ccc3c(c2)OC(N)=C(C#N)C3c2cccc(OCCC(C)C)c2)c1. The van der Waals surface area contributed by atoms with Crippen molar-refractivity contribution in [3.05, 3.63) is 94.9 Å². The van der Waals surface area contributed by atoms with Gasteiger partial charge >= 0.3 is 5.97 Å². The van der Waals surface area contributed by atoms with E-state index in [-0.39, 0.29) is 5.88 Å². The zero-order valence-corrected chi connectivity index (χ0v) is 21.9. The summed E-state index contributed by atoms with van der Waals surface area (Å²) < 4.78 is 23.0. The van der Waals surface area contributed by atoms with Crippen molar-refractivity contribution in [1.82, 2.24) is 0 Å². The van der Waals surface area contributed by atoms with Crippen LogP contribution in [0.1, 0.15) is 61.0 Å². The van der Waals surface area contributed by atoms with E-state index in [1.165, 1.54) is 0 Å². The largest absolute Gasteiger partial charge is 0.494 e. The molecule has 1 atom stereocenters. The maximum Gasteiger partial charge on any atom is 0.343 e. The average Bonchev–Trinajstić information content (AvgIpc) is 2.91. The number of benzene rings is 3. The number of nitrogens with two attached hydrogens (primary N) is 1. The molecule has 196 valence electrons. The van der Waals surface area contributed by atoms with Crippen LogP contribution in [-0.2, 0) is 0 Å². The molecular weight excluding hydrogens is 480 g/mol. The molecule has 0 bridgehead atoms. The normalized spacial score (nSPS) is 14.3. The molecule has 1 heterocycles. The molecule has 0 aliphatic carbocycles. The van der Waals surface area contributed by atoms with Gasteiger partial charge in [-0.2, -0.15) is 5.26 Å². The van der Waals surface area contributed by atoms with Crippen molar-refractivity contribution in [3.63, 3.8) is 0 Å². The van der Waals surface area contributed by atoms with Crippen molar-refractivity contribution < 1.29 is 23.7 Å². The summed E-state index contributed by atoms with van der Waals surface area (Å²) >= 11 is 0. The van der Waals surface area contributed by atoms with Crippen LogP contribution in [0.25, 0.3) is 0 Å². The van der Waals surface area contributed by atoms with E-state index in [9.17, 15) is 10.1 Å². The number of nitrogens with zero attached hydrogens (tertiary/aromatic N) is 1. The van der Waals surface area contributed by atoms with Crippen molar-refractivity contribution in [1.29, 1.82) is 5.26 Å². The van der Waals surface area contributed by atoms with Crippen molar-refractivity contribution >= 4 is 5.97 Å². The average molecular weight is 513 g/mol. The Hall–Kier alpha value is -4.44. The van der Waals surface area contributed by atoms with Gasteiger partial charge in [0.05, 0.1) is 24.7 Å². The highest BCUT2D eigenvalue weighted by molar-refractivity contribution is 5.91. The van der Waals surface area contributed by atoms with Crippen molar-refractivity contribution in [3.8, 4) is 29.1 Å².